The van der Waals surface area contributed by atoms with Gasteiger partial charge >= 0.3 is 0 Å². The van der Waals surface area contributed by atoms with Crippen LogP contribution in [0.15, 0.2) is 42.5 Å². The van der Waals surface area contributed by atoms with Crippen molar-refractivity contribution >= 4 is 34.8 Å². The molecule has 0 radical (unpaired) electrons. The van der Waals surface area contributed by atoms with Crippen molar-refractivity contribution in [1.29, 1.82) is 0 Å². The summed E-state index contributed by atoms with van der Waals surface area (Å²) in [6.45, 7) is 3.18. The normalized spacial score (nSPS) is 10.7. The second kappa shape index (κ2) is 7.06. The summed E-state index contributed by atoms with van der Waals surface area (Å²) in [5, 5.41) is 13.3. The van der Waals surface area contributed by atoms with Crippen LogP contribution in [0, 0.1) is 11.8 Å². The molecule has 0 aliphatic carbocycles. The monoisotopic (exact) mass is 347 g/mol. The van der Waals surface area contributed by atoms with Gasteiger partial charge in [-0.2, -0.15) is 0 Å². The summed E-state index contributed by atoms with van der Waals surface area (Å²) in [6.07, 6.45) is 0. The van der Waals surface area contributed by atoms with Crippen LogP contribution in [0.5, 0.6) is 0 Å². The average molecular weight is 348 g/mol. The predicted octanol–water partition coefficient (Wildman–Crippen LogP) is 4.37. The van der Waals surface area contributed by atoms with Gasteiger partial charge in [0.2, 0.25) is 0 Å². The van der Waals surface area contributed by atoms with E-state index in [4.69, 9.17) is 23.2 Å². The molecule has 0 atom stereocenters. The molecule has 118 valence electrons. The van der Waals surface area contributed by atoms with Gasteiger partial charge in [-0.3, -0.25) is 4.79 Å². The van der Waals surface area contributed by atoms with Crippen LogP contribution >= 0.6 is 23.2 Å². The molecule has 0 aliphatic heterocycles. The maximum Gasteiger partial charge on any atom is 0.255 e. The SMILES string of the molecule is CC(C)(O)C#Cc1ccccc1NC(=O)c1cc(Cl)cc(Cl)c1. The zero-order valence-electron chi connectivity index (χ0n) is 12.7. The van der Waals surface area contributed by atoms with Gasteiger partial charge in [0, 0.05) is 21.2 Å². The van der Waals surface area contributed by atoms with Gasteiger partial charge in [-0.1, -0.05) is 47.2 Å². The highest BCUT2D eigenvalue weighted by Crippen LogP contribution is 2.21. The largest absolute Gasteiger partial charge is 0.378 e. The molecular formula is C18H15Cl2NO2. The molecule has 0 bridgehead atoms. The number of nitrogens with one attached hydrogen (secondary N) is 1. The minimum atomic E-state index is -1.11. The average Bonchev–Trinajstić information content (AvgIpc) is 2.44. The fraction of sp³-hybridized carbons (Fsp3) is 0.167. The van der Waals surface area contributed by atoms with E-state index in [0.29, 0.717) is 26.9 Å². The van der Waals surface area contributed by atoms with E-state index in [-0.39, 0.29) is 5.91 Å². The second-order valence-electron chi connectivity index (χ2n) is 5.47. The van der Waals surface area contributed by atoms with Crippen LogP contribution in [0.4, 0.5) is 5.69 Å². The fourth-order valence-corrected chi connectivity index (χ4v) is 2.33. The first-order chi connectivity index (χ1) is 10.7. The van der Waals surface area contributed by atoms with Gasteiger partial charge in [0.25, 0.3) is 5.91 Å². The Morgan fingerprint density at radius 3 is 2.35 bits per heavy atom. The lowest BCUT2D eigenvalue weighted by molar-refractivity contribution is 0.102. The zero-order chi connectivity index (χ0) is 17.0. The van der Waals surface area contributed by atoms with Crippen LogP contribution in [-0.2, 0) is 0 Å². The van der Waals surface area contributed by atoms with E-state index in [2.05, 4.69) is 17.2 Å². The van der Waals surface area contributed by atoms with Crippen molar-refractivity contribution in [3.63, 3.8) is 0 Å². The lowest BCUT2D eigenvalue weighted by Crippen LogP contribution is -2.15. The molecule has 5 heteroatoms. The molecule has 2 aromatic carbocycles. The van der Waals surface area contributed by atoms with E-state index in [1.165, 1.54) is 12.1 Å². The molecule has 0 aromatic heterocycles. The molecule has 0 spiro atoms. The zero-order valence-corrected chi connectivity index (χ0v) is 14.2. The van der Waals surface area contributed by atoms with Gasteiger partial charge in [0.15, 0.2) is 0 Å². The fourth-order valence-electron chi connectivity index (χ4n) is 1.80. The maximum absolute atomic E-state index is 12.3. The molecule has 2 aromatic rings. The highest BCUT2D eigenvalue weighted by atomic mass is 35.5. The molecule has 0 saturated heterocycles. The number of hydrogen-bond donors (Lipinski definition) is 2. The van der Waals surface area contributed by atoms with Crippen molar-refractivity contribution in [1.82, 2.24) is 0 Å². The number of carbonyl (C=O) groups is 1. The molecule has 0 aliphatic rings. The summed E-state index contributed by atoms with van der Waals surface area (Å²) in [5.41, 5.74) is 0.395. The van der Waals surface area contributed by atoms with Crippen LogP contribution in [0.3, 0.4) is 0 Å². The summed E-state index contributed by atoms with van der Waals surface area (Å²) in [4.78, 5) is 12.3. The topological polar surface area (TPSA) is 49.3 Å². The number of para-hydroxylation sites is 1. The Labute approximate surface area is 145 Å². The van der Waals surface area contributed by atoms with Gasteiger partial charge in [-0.25, -0.2) is 0 Å². The first-order valence-electron chi connectivity index (χ1n) is 6.87. The lowest BCUT2D eigenvalue weighted by atomic mass is 10.1. The number of halogens is 2. The third-order valence-corrected chi connectivity index (χ3v) is 3.24. The summed E-state index contributed by atoms with van der Waals surface area (Å²) in [5.74, 6) is 5.25. The Kier molecular flexibility index (Phi) is 5.33. The number of carbonyl (C=O) groups excluding carboxylic acids is 1. The van der Waals surface area contributed by atoms with E-state index >= 15 is 0 Å². The van der Waals surface area contributed by atoms with Crippen molar-refractivity contribution in [2.75, 3.05) is 5.32 Å². The van der Waals surface area contributed by atoms with Gasteiger partial charge in [0.05, 0.1) is 5.69 Å². The quantitative estimate of drug-likeness (QED) is 0.792. The summed E-state index contributed by atoms with van der Waals surface area (Å²) in [6, 6.07) is 11.7. The molecule has 0 fully saturated rings. The first-order valence-corrected chi connectivity index (χ1v) is 7.62. The Balaban J connectivity index is 2.29. The summed E-state index contributed by atoms with van der Waals surface area (Å²) >= 11 is 11.8. The number of hydrogen-bond acceptors (Lipinski definition) is 2. The number of amides is 1. The highest BCUT2D eigenvalue weighted by molar-refractivity contribution is 6.35. The van der Waals surface area contributed by atoms with E-state index in [9.17, 15) is 9.90 Å². The van der Waals surface area contributed by atoms with E-state index in [1.54, 1.807) is 44.2 Å². The molecule has 23 heavy (non-hydrogen) atoms. The third kappa shape index (κ3) is 5.30. The first kappa shape index (κ1) is 17.4. The maximum atomic E-state index is 12.3. The molecule has 2 N–H and O–H groups in total. The van der Waals surface area contributed by atoms with Crippen molar-refractivity contribution in [3.8, 4) is 11.8 Å². The lowest BCUT2D eigenvalue weighted by Gasteiger charge is -2.09. The number of benzene rings is 2. The molecule has 3 nitrogen and oxygen atoms in total. The predicted molar refractivity (Wildman–Crippen MR) is 94.0 cm³/mol. The van der Waals surface area contributed by atoms with Gasteiger partial charge in [-0.15, -0.1) is 0 Å². The second-order valence-corrected chi connectivity index (χ2v) is 6.34. The molecular weight excluding hydrogens is 333 g/mol. The van der Waals surface area contributed by atoms with Crippen LogP contribution < -0.4 is 5.32 Å². The van der Waals surface area contributed by atoms with Crippen LogP contribution in [-0.4, -0.2) is 16.6 Å². The molecule has 0 unspecified atom stereocenters. The molecule has 0 heterocycles. The van der Waals surface area contributed by atoms with Crippen LogP contribution in [0.25, 0.3) is 0 Å². The molecule has 1 amide bonds. The number of rotatable bonds is 2. The summed E-state index contributed by atoms with van der Waals surface area (Å²) in [7, 11) is 0. The Morgan fingerprint density at radius 2 is 1.74 bits per heavy atom. The van der Waals surface area contributed by atoms with E-state index < -0.39 is 5.60 Å². The van der Waals surface area contributed by atoms with E-state index in [0.717, 1.165) is 0 Å². The number of anilines is 1. The standard InChI is InChI=1S/C18H15Cl2NO2/c1-18(2,23)8-7-12-5-3-4-6-16(12)21-17(22)13-9-14(19)11-15(20)10-13/h3-6,9-11,23H,1-2H3,(H,21,22). The minimum Gasteiger partial charge on any atom is -0.378 e. The van der Waals surface area contributed by atoms with Gasteiger partial charge in [-0.05, 0) is 44.2 Å². The van der Waals surface area contributed by atoms with Crippen LogP contribution in [0.1, 0.15) is 29.8 Å². The smallest absolute Gasteiger partial charge is 0.255 e. The van der Waals surface area contributed by atoms with Gasteiger partial charge < -0.3 is 10.4 Å². The Hall–Kier alpha value is -1.99. The third-order valence-electron chi connectivity index (χ3n) is 2.80. The van der Waals surface area contributed by atoms with E-state index in [1.807, 2.05) is 0 Å². The van der Waals surface area contributed by atoms with Gasteiger partial charge in [0.1, 0.15) is 5.60 Å². The minimum absolute atomic E-state index is 0.341. The Bertz CT molecular complexity index is 778. The van der Waals surface area contributed by atoms with Crippen molar-refractivity contribution < 1.29 is 9.90 Å². The molecule has 2 rings (SSSR count). The van der Waals surface area contributed by atoms with Crippen molar-refractivity contribution in [2.24, 2.45) is 0 Å². The Morgan fingerprint density at radius 1 is 1.13 bits per heavy atom. The van der Waals surface area contributed by atoms with Crippen LogP contribution in [0.2, 0.25) is 10.0 Å². The van der Waals surface area contributed by atoms with Crippen molar-refractivity contribution in [2.45, 2.75) is 19.4 Å². The highest BCUT2D eigenvalue weighted by Gasteiger charge is 2.11. The number of aliphatic hydroxyl groups is 1. The summed E-state index contributed by atoms with van der Waals surface area (Å²) < 4.78 is 0. The van der Waals surface area contributed by atoms with Crippen molar-refractivity contribution in [3.05, 3.63) is 63.6 Å². The molecule has 0 saturated carbocycles.